The van der Waals surface area contributed by atoms with Crippen LogP contribution in [0.1, 0.15) is 16.7 Å². The van der Waals surface area contributed by atoms with Gasteiger partial charge in [0.1, 0.15) is 0 Å². The molecule has 2 aliphatic rings. The lowest BCUT2D eigenvalue weighted by molar-refractivity contribution is -0.122. The van der Waals surface area contributed by atoms with Crippen molar-refractivity contribution in [2.45, 2.75) is 24.2 Å². The zero-order chi connectivity index (χ0) is 20.0. The third-order valence-electron chi connectivity index (χ3n) is 6.00. The molecule has 1 aliphatic carbocycles. The predicted octanol–water partition coefficient (Wildman–Crippen LogP) is 3.79. The van der Waals surface area contributed by atoms with E-state index in [0.29, 0.717) is 6.54 Å². The van der Waals surface area contributed by atoms with Gasteiger partial charge in [-0.2, -0.15) is 0 Å². The van der Waals surface area contributed by atoms with E-state index in [4.69, 9.17) is 0 Å². The van der Waals surface area contributed by atoms with Crippen LogP contribution in [0.4, 0.5) is 5.69 Å². The van der Waals surface area contributed by atoms with E-state index in [1.807, 2.05) is 41.3 Å². The van der Waals surface area contributed by atoms with Crippen molar-refractivity contribution in [2.24, 2.45) is 5.92 Å². The summed E-state index contributed by atoms with van der Waals surface area (Å²) in [4.78, 5) is 20.5. The average Bonchev–Trinajstić information content (AvgIpc) is 3.37. The number of rotatable bonds is 3. The van der Waals surface area contributed by atoms with E-state index in [0.717, 1.165) is 41.1 Å². The van der Waals surface area contributed by atoms with Crippen LogP contribution in [-0.4, -0.2) is 27.9 Å². The van der Waals surface area contributed by atoms with Crippen LogP contribution >= 0.6 is 0 Å². The van der Waals surface area contributed by atoms with Crippen molar-refractivity contribution in [3.8, 4) is 11.3 Å². The quantitative estimate of drug-likeness (QED) is 0.670. The summed E-state index contributed by atoms with van der Waals surface area (Å²) in [5, 5.41) is 0. The number of pyridine rings is 1. The monoisotopic (exact) mass is 402 g/mol. The first-order valence-electron chi connectivity index (χ1n) is 9.91. The number of hydrogen-bond acceptors (Lipinski definition) is 3. The summed E-state index contributed by atoms with van der Waals surface area (Å²) in [6.07, 6.45) is 5.89. The van der Waals surface area contributed by atoms with Gasteiger partial charge in [0.25, 0.3) is 0 Å². The maximum atomic E-state index is 13.4. The van der Waals surface area contributed by atoms with E-state index in [1.165, 1.54) is 16.7 Å². The average molecular weight is 403 g/mol. The molecule has 2 atom stereocenters. The van der Waals surface area contributed by atoms with Gasteiger partial charge in [-0.3, -0.25) is 14.0 Å². The highest BCUT2D eigenvalue weighted by molar-refractivity contribution is 7.84. The van der Waals surface area contributed by atoms with Gasteiger partial charge in [-0.15, -0.1) is 0 Å². The highest BCUT2D eigenvalue weighted by Crippen LogP contribution is 2.35. The lowest BCUT2D eigenvalue weighted by Crippen LogP contribution is -2.35. The van der Waals surface area contributed by atoms with Crippen LogP contribution in [0, 0.1) is 5.92 Å². The molecule has 3 aromatic rings. The van der Waals surface area contributed by atoms with Crippen LogP contribution in [-0.2, 0) is 34.9 Å². The van der Waals surface area contributed by atoms with E-state index in [9.17, 15) is 9.00 Å². The Bertz CT molecular complexity index is 1130. The molecule has 1 amide bonds. The lowest BCUT2D eigenvalue weighted by atomic mass is 10.0. The van der Waals surface area contributed by atoms with E-state index < -0.39 is 10.8 Å². The normalized spacial score (nSPS) is 18.4. The minimum atomic E-state index is -1.05. The molecule has 5 heteroatoms. The van der Waals surface area contributed by atoms with Crippen molar-refractivity contribution in [3.63, 3.8) is 0 Å². The standard InChI is InChI=1S/C24H22N2O2S/c1-29(28)21-8-7-16-9-11-26(23(16)15-21)24(27)20-12-17-5-6-18(13-19(17)14-20)22-4-2-3-10-25-22/h2-8,10,13,15,20H,9,11-12,14H2,1H3. The van der Waals surface area contributed by atoms with E-state index in [-0.39, 0.29) is 11.8 Å². The largest absolute Gasteiger partial charge is 0.312 e. The van der Waals surface area contributed by atoms with Crippen molar-refractivity contribution >= 4 is 22.4 Å². The Kier molecular flexibility index (Phi) is 4.55. The highest BCUT2D eigenvalue weighted by Gasteiger charge is 2.34. The molecule has 0 fully saturated rings. The number of anilines is 1. The molecule has 0 bridgehead atoms. The van der Waals surface area contributed by atoms with Gasteiger partial charge in [-0.1, -0.05) is 24.3 Å². The number of benzene rings is 2. The fraction of sp³-hybridized carbons (Fsp3) is 0.250. The third kappa shape index (κ3) is 3.29. The first kappa shape index (κ1) is 18.3. The molecule has 1 aliphatic heterocycles. The van der Waals surface area contributed by atoms with Crippen LogP contribution < -0.4 is 4.90 Å². The molecule has 0 N–H and O–H groups in total. The topological polar surface area (TPSA) is 50.3 Å². The molecular formula is C24H22N2O2S. The Morgan fingerprint density at radius 3 is 2.66 bits per heavy atom. The van der Waals surface area contributed by atoms with Gasteiger partial charge in [0.15, 0.2) is 0 Å². The summed E-state index contributed by atoms with van der Waals surface area (Å²) in [7, 11) is -1.05. The van der Waals surface area contributed by atoms with Gasteiger partial charge in [0, 0.05) is 51.9 Å². The summed E-state index contributed by atoms with van der Waals surface area (Å²) in [5.74, 6) is 0.143. The van der Waals surface area contributed by atoms with Gasteiger partial charge < -0.3 is 4.90 Å². The number of amides is 1. The Balaban J connectivity index is 1.39. The van der Waals surface area contributed by atoms with Crippen LogP contribution in [0.5, 0.6) is 0 Å². The molecule has 146 valence electrons. The Hall–Kier alpha value is -2.79. The van der Waals surface area contributed by atoms with Crippen molar-refractivity contribution in [1.82, 2.24) is 4.98 Å². The van der Waals surface area contributed by atoms with Crippen LogP contribution in [0.3, 0.4) is 0 Å². The number of carbonyl (C=O) groups excluding carboxylic acids is 1. The van der Waals surface area contributed by atoms with E-state index in [1.54, 1.807) is 12.5 Å². The second-order valence-electron chi connectivity index (χ2n) is 7.79. The Morgan fingerprint density at radius 1 is 1.03 bits per heavy atom. The number of carbonyl (C=O) groups is 1. The summed E-state index contributed by atoms with van der Waals surface area (Å²) < 4.78 is 11.9. The molecule has 1 aromatic heterocycles. The maximum absolute atomic E-state index is 13.4. The van der Waals surface area contributed by atoms with Crippen molar-refractivity contribution in [3.05, 3.63) is 77.5 Å². The van der Waals surface area contributed by atoms with Crippen LogP contribution in [0.2, 0.25) is 0 Å². The zero-order valence-corrected chi connectivity index (χ0v) is 17.1. The number of aromatic nitrogens is 1. The van der Waals surface area contributed by atoms with Gasteiger partial charge in [-0.25, -0.2) is 0 Å². The molecule has 5 rings (SSSR count). The summed E-state index contributed by atoms with van der Waals surface area (Å²) in [6.45, 7) is 0.708. The first-order chi connectivity index (χ1) is 14.1. The molecular weight excluding hydrogens is 380 g/mol. The molecule has 0 saturated carbocycles. The van der Waals surface area contributed by atoms with Gasteiger partial charge >= 0.3 is 0 Å². The molecule has 2 unspecified atom stereocenters. The molecule has 29 heavy (non-hydrogen) atoms. The SMILES string of the molecule is CS(=O)c1ccc2c(c1)N(C(=O)C1Cc3ccc(-c4ccccn4)cc3C1)CC2. The lowest BCUT2D eigenvalue weighted by Gasteiger charge is -2.21. The number of fused-ring (bicyclic) bond motifs is 2. The minimum absolute atomic E-state index is 0.0364. The summed E-state index contributed by atoms with van der Waals surface area (Å²) in [6, 6.07) is 18.2. The van der Waals surface area contributed by atoms with Gasteiger partial charge in [0.05, 0.1) is 5.69 Å². The van der Waals surface area contributed by atoms with Crippen molar-refractivity contribution in [2.75, 3.05) is 17.7 Å². The highest BCUT2D eigenvalue weighted by atomic mass is 32.2. The zero-order valence-electron chi connectivity index (χ0n) is 16.3. The Labute approximate surface area is 173 Å². The van der Waals surface area contributed by atoms with Crippen LogP contribution in [0.25, 0.3) is 11.3 Å². The molecule has 0 spiro atoms. The minimum Gasteiger partial charge on any atom is -0.312 e. The maximum Gasteiger partial charge on any atom is 0.230 e. The predicted molar refractivity (Wildman–Crippen MR) is 115 cm³/mol. The fourth-order valence-electron chi connectivity index (χ4n) is 4.47. The first-order valence-corrected chi connectivity index (χ1v) is 11.5. The van der Waals surface area contributed by atoms with Crippen molar-refractivity contribution in [1.29, 1.82) is 0 Å². The second-order valence-corrected chi connectivity index (χ2v) is 9.17. The third-order valence-corrected chi connectivity index (χ3v) is 6.92. The Morgan fingerprint density at radius 2 is 1.86 bits per heavy atom. The van der Waals surface area contributed by atoms with Gasteiger partial charge in [-0.05, 0) is 66.3 Å². The molecule has 0 radical (unpaired) electrons. The number of nitrogens with zero attached hydrogens (tertiary/aromatic N) is 2. The molecule has 2 heterocycles. The molecule has 4 nitrogen and oxygen atoms in total. The van der Waals surface area contributed by atoms with E-state index >= 15 is 0 Å². The van der Waals surface area contributed by atoms with E-state index in [2.05, 4.69) is 23.2 Å². The van der Waals surface area contributed by atoms with Crippen molar-refractivity contribution < 1.29 is 9.00 Å². The number of hydrogen-bond donors (Lipinski definition) is 0. The van der Waals surface area contributed by atoms with Gasteiger partial charge in [0.2, 0.25) is 5.91 Å². The molecule has 0 saturated heterocycles. The van der Waals surface area contributed by atoms with Crippen LogP contribution in [0.15, 0.2) is 65.7 Å². The summed E-state index contributed by atoms with van der Waals surface area (Å²) >= 11 is 0. The summed E-state index contributed by atoms with van der Waals surface area (Å²) in [5.41, 5.74) is 6.66. The fourth-order valence-corrected chi connectivity index (χ4v) is 5.01. The smallest absolute Gasteiger partial charge is 0.230 e. The molecule has 2 aromatic carbocycles. The second kappa shape index (κ2) is 7.23.